The van der Waals surface area contributed by atoms with Gasteiger partial charge in [0.1, 0.15) is 0 Å². The van der Waals surface area contributed by atoms with Crippen LogP contribution in [0, 0.1) is 5.41 Å². The van der Waals surface area contributed by atoms with Gasteiger partial charge in [0.2, 0.25) is 5.91 Å². The molecule has 8 nitrogen and oxygen atoms in total. The van der Waals surface area contributed by atoms with Gasteiger partial charge in [-0.3, -0.25) is 19.2 Å². The second kappa shape index (κ2) is 14.3. The minimum absolute atomic E-state index is 0.0284. The maximum atomic E-state index is 12.9. The molecule has 0 radical (unpaired) electrons. The molecule has 0 spiro atoms. The molecule has 1 aromatic rings. The van der Waals surface area contributed by atoms with Crippen LogP contribution in [-0.2, 0) is 36.9 Å². The van der Waals surface area contributed by atoms with Crippen LogP contribution >= 0.6 is 0 Å². The highest BCUT2D eigenvalue weighted by atomic mass is 16.5. The van der Waals surface area contributed by atoms with Crippen molar-refractivity contribution in [3.63, 3.8) is 0 Å². The summed E-state index contributed by atoms with van der Waals surface area (Å²) in [6.07, 6.45) is 6.98. The predicted octanol–water partition coefficient (Wildman–Crippen LogP) is 3.15. The van der Waals surface area contributed by atoms with Crippen molar-refractivity contribution in [1.29, 1.82) is 0 Å². The third kappa shape index (κ3) is 11.7. The monoisotopic (exact) mass is 474 g/mol. The molecule has 0 saturated carbocycles. The Bertz CT molecular complexity index is 939. The summed E-state index contributed by atoms with van der Waals surface area (Å²) in [7, 11) is 0. The fourth-order valence-corrected chi connectivity index (χ4v) is 3.43. The van der Waals surface area contributed by atoms with E-state index in [0.29, 0.717) is 12.8 Å². The minimum atomic E-state index is -0.795. The molecule has 0 bridgehead atoms. The van der Waals surface area contributed by atoms with E-state index in [0.717, 1.165) is 12.8 Å². The van der Waals surface area contributed by atoms with Crippen molar-refractivity contribution in [2.24, 2.45) is 5.41 Å². The SMILES string of the molecule is CCOC(=O)/C=C/CC[C@H](NC(C)=O)C(=O)Cc1cccn(CC(=O)CCCC(C)(C)C)c1=O. The van der Waals surface area contributed by atoms with Gasteiger partial charge in [-0.1, -0.05) is 32.9 Å². The highest BCUT2D eigenvalue weighted by molar-refractivity contribution is 5.90. The van der Waals surface area contributed by atoms with Crippen molar-refractivity contribution in [1.82, 2.24) is 9.88 Å². The fraction of sp³-hybridized carbons (Fsp3) is 0.577. The normalized spacial score (nSPS) is 12.4. The number of rotatable bonds is 14. The standard InChI is InChI=1S/C26H38N2O6/c1-6-34-24(32)14-8-7-13-22(27-19(2)29)23(31)17-20-11-10-16-28(25(20)33)18-21(30)12-9-15-26(3,4)5/h8,10-11,14,16,22H,6-7,9,12-13,15,17-18H2,1-5H3,(H,27,29)/b14-8+/t22-/m0/s1. The number of hydrogen-bond acceptors (Lipinski definition) is 6. The molecule has 34 heavy (non-hydrogen) atoms. The first kappa shape index (κ1) is 29.0. The topological polar surface area (TPSA) is 112 Å². The van der Waals surface area contributed by atoms with E-state index < -0.39 is 12.0 Å². The predicted molar refractivity (Wildman–Crippen MR) is 130 cm³/mol. The number of amides is 1. The van der Waals surface area contributed by atoms with Crippen molar-refractivity contribution in [3.8, 4) is 0 Å². The molecule has 0 unspecified atom stereocenters. The smallest absolute Gasteiger partial charge is 0.330 e. The van der Waals surface area contributed by atoms with E-state index in [1.807, 2.05) is 0 Å². The Balaban J connectivity index is 2.79. The first-order valence-electron chi connectivity index (χ1n) is 11.8. The number of allylic oxidation sites excluding steroid dienone is 1. The van der Waals surface area contributed by atoms with E-state index in [9.17, 15) is 24.0 Å². The molecule has 0 aliphatic rings. The third-order valence-corrected chi connectivity index (χ3v) is 5.12. The van der Waals surface area contributed by atoms with Gasteiger partial charge in [0.05, 0.1) is 19.2 Å². The summed E-state index contributed by atoms with van der Waals surface area (Å²) >= 11 is 0. The number of carbonyl (C=O) groups is 4. The molecule has 1 rings (SSSR count). The summed E-state index contributed by atoms with van der Waals surface area (Å²) in [6, 6.07) is 2.41. The average Bonchev–Trinajstić information content (AvgIpc) is 2.72. The lowest BCUT2D eigenvalue weighted by Gasteiger charge is -2.17. The second-order valence-corrected chi connectivity index (χ2v) is 9.55. The lowest BCUT2D eigenvalue weighted by atomic mass is 9.89. The fourth-order valence-electron chi connectivity index (χ4n) is 3.43. The van der Waals surface area contributed by atoms with E-state index in [1.54, 1.807) is 31.3 Å². The number of hydrogen-bond donors (Lipinski definition) is 1. The molecule has 1 N–H and O–H groups in total. The molecule has 1 amide bonds. The van der Waals surface area contributed by atoms with Crippen LogP contribution in [0.5, 0.6) is 0 Å². The molecule has 188 valence electrons. The number of aromatic nitrogens is 1. The molecule has 1 atom stereocenters. The lowest BCUT2D eigenvalue weighted by molar-refractivity contribution is -0.137. The summed E-state index contributed by atoms with van der Waals surface area (Å²) in [4.78, 5) is 61.0. The maximum absolute atomic E-state index is 12.9. The van der Waals surface area contributed by atoms with E-state index in [1.165, 1.54) is 17.6 Å². The molecular formula is C26H38N2O6. The summed E-state index contributed by atoms with van der Waals surface area (Å²) in [5.74, 6) is -1.17. The Kier molecular flexibility index (Phi) is 12.2. The molecule has 0 aromatic carbocycles. The molecule has 0 aliphatic heterocycles. The van der Waals surface area contributed by atoms with Crippen LogP contribution < -0.4 is 10.9 Å². The highest BCUT2D eigenvalue weighted by Gasteiger charge is 2.21. The van der Waals surface area contributed by atoms with Gasteiger partial charge in [0.15, 0.2) is 11.6 Å². The van der Waals surface area contributed by atoms with Crippen LogP contribution in [-0.4, -0.2) is 40.7 Å². The molecular weight excluding hydrogens is 436 g/mol. The van der Waals surface area contributed by atoms with Gasteiger partial charge < -0.3 is 14.6 Å². The molecule has 1 aromatic heterocycles. The van der Waals surface area contributed by atoms with Gasteiger partial charge in [-0.15, -0.1) is 0 Å². The first-order chi connectivity index (χ1) is 15.9. The largest absolute Gasteiger partial charge is 0.463 e. The Morgan fingerprint density at radius 1 is 1.21 bits per heavy atom. The van der Waals surface area contributed by atoms with Crippen molar-refractivity contribution >= 4 is 23.4 Å². The van der Waals surface area contributed by atoms with E-state index >= 15 is 0 Å². The second-order valence-electron chi connectivity index (χ2n) is 9.55. The summed E-state index contributed by atoms with van der Waals surface area (Å²) in [6.45, 7) is 9.62. The Morgan fingerprint density at radius 3 is 2.53 bits per heavy atom. The third-order valence-electron chi connectivity index (χ3n) is 5.12. The zero-order valence-electron chi connectivity index (χ0n) is 21.0. The quantitative estimate of drug-likeness (QED) is 0.327. The number of Topliss-reactive ketones (excluding diaryl/α,β-unsaturated/α-hetero) is 2. The van der Waals surface area contributed by atoms with E-state index in [4.69, 9.17) is 4.74 Å². The number of carbonyl (C=O) groups excluding carboxylic acids is 4. The van der Waals surface area contributed by atoms with Gasteiger partial charge in [0, 0.05) is 37.6 Å². The van der Waals surface area contributed by atoms with Crippen LogP contribution in [0.3, 0.4) is 0 Å². The number of ketones is 2. The van der Waals surface area contributed by atoms with Gasteiger partial charge in [-0.2, -0.15) is 0 Å². The lowest BCUT2D eigenvalue weighted by Crippen LogP contribution is -2.41. The molecule has 0 aliphatic carbocycles. The molecule has 1 heterocycles. The number of esters is 1. The number of ether oxygens (including phenoxy) is 1. The van der Waals surface area contributed by atoms with Crippen LogP contribution in [0.1, 0.15) is 72.3 Å². The Hall–Kier alpha value is -3.03. The Morgan fingerprint density at radius 2 is 1.91 bits per heavy atom. The van der Waals surface area contributed by atoms with Crippen molar-refractivity contribution in [2.75, 3.05) is 6.61 Å². The van der Waals surface area contributed by atoms with E-state index in [-0.39, 0.29) is 60.0 Å². The van der Waals surface area contributed by atoms with Gasteiger partial charge in [-0.25, -0.2) is 4.79 Å². The highest BCUT2D eigenvalue weighted by Crippen LogP contribution is 2.21. The van der Waals surface area contributed by atoms with Crippen LogP contribution in [0.15, 0.2) is 35.3 Å². The maximum Gasteiger partial charge on any atom is 0.330 e. The first-order valence-corrected chi connectivity index (χ1v) is 11.8. The Labute approximate surface area is 201 Å². The zero-order chi connectivity index (χ0) is 25.7. The summed E-state index contributed by atoms with van der Waals surface area (Å²) in [5, 5.41) is 2.61. The van der Waals surface area contributed by atoms with Gasteiger partial charge in [0.25, 0.3) is 5.56 Å². The number of nitrogens with one attached hydrogen (secondary N) is 1. The molecule has 0 fully saturated rings. The molecule has 8 heteroatoms. The minimum Gasteiger partial charge on any atom is -0.463 e. The zero-order valence-corrected chi connectivity index (χ0v) is 21.0. The van der Waals surface area contributed by atoms with Gasteiger partial charge >= 0.3 is 5.97 Å². The average molecular weight is 475 g/mol. The number of pyridine rings is 1. The van der Waals surface area contributed by atoms with Crippen molar-refractivity contribution in [2.45, 2.75) is 85.7 Å². The van der Waals surface area contributed by atoms with Gasteiger partial charge in [-0.05, 0) is 44.1 Å². The van der Waals surface area contributed by atoms with Crippen LogP contribution in [0.4, 0.5) is 0 Å². The number of nitrogens with zero attached hydrogens (tertiary/aromatic N) is 1. The summed E-state index contributed by atoms with van der Waals surface area (Å²) in [5.41, 5.74) is 0.0346. The van der Waals surface area contributed by atoms with Crippen LogP contribution in [0.2, 0.25) is 0 Å². The van der Waals surface area contributed by atoms with Crippen LogP contribution in [0.25, 0.3) is 0 Å². The van der Waals surface area contributed by atoms with Crippen molar-refractivity contribution in [3.05, 3.63) is 46.4 Å². The van der Waals surface area contributed by atoms with E-state index in [2.05, 4.69) is 26.1 Å². The summed E-state index contributed by atoms with van der Waals surface area (Å²) < 4.78 is 6.14. The van der Waals surface area contributed by atoms with Crippen molar-refractivity contribution < 1.29 is 23.9 Å². The molecule has 0 saturated heterocycles.